The van der Waals surface area contributed by atoms with Gasteiger partial charge in [0.15, 0.2) is 0 Å². The number of hydrogen-bond donors (Lipinski definition) is 1. The molecule has 4 heteroatoms. The van der Waals surface area contributed by atoms with E-state index >= 15 is 0 Å². The van der Waals surface area contributed by atoms with Crippen molar-refractivity contribution in [1.29, 1.82) is 0 Å². The molecule has 124 valence electrons. The van der Waals surface area contributed by atoms with Gasteiger partial charge in [-0.15, -0.1) is 12.4 Å². The second kappa shape index (κ2) is 8.32. The number of amides is 1. The zero-order valence-electron chi connectivity index (χ0n) is 13.6. The molecule has 0 bridgehead atoms. The summed E-state index contributed by atoms with van der Waals surface area (Å²) in [6, 6.07) is 14.8. The number of piperidine rings is 1. The Hall–Kier alpha value is -1.58. The highest BCUT2D eigenvalue weighted by Gasteiger charge is 2.19. The van der Waals surface area contributed by atoms with Gasteiger partial charge in [0.05, 0.1) is 0 Å². The molecule has 0 aromatic heterocycles. The highest BCUT2D eigenvalue weighted by molar-refractivity contribution is 5.85. The number of benzene rings is 2. The largest absolute Gasteiger partial charge is 0.341 e. The maximum atomic E-state index is 12.4. The van der Waals surface area contributed by atoms with Crippen LogP contribution in [0.3, 0.4) is 0 Å². The standard InChI is InChI=1S/C19H24N2O.ClH/c1-21(19(22)13-15-8-10-20-11-9-15)14-16-6-7-17-4-2-3-5-18(17)12-16;/h2-7,12,15,20H,8-11,13-14H2,1H3;1H. The van der Waals surface area contributed by atoms with Crippen molar-refractivity contribution in [2.45, 2.75) is 25.8 Å². The van der Waals surface area contributed by atoms with Crippen molar-refractivity contribution in [3.63, 3.8) is 0 Å². The van der Waals surface area contributed by atoms with Crippen LogP contribution in [-0.4, -0.2) is 30.9 Å². The molecule has 1 aliphatic rings. The Labute approximate surface area is 144 Å². The van der Waals surface area contributed by atoms with Crippen molar-refractivity contribution >= 4 is 29.1 Å². The molecule has 2 aromatic rings. The Morgan fingerprint density at radius 2 is 1.83 bits per heavy atom. The van der Waals surface area contributed by atoms with Crippen molar-refractivity contribution in [3.05, 3.63) is 48.0 Å². The maximum Gasteiger partial charge on any atom is 0.222 e. The maximum absolute atomic E-state index is 12.4. The van der Waals surface area contributed by atoms with Gasteiger partial charge in [0.1, 0.15) is 0 Å². The first kappa shape index (κ1) is 17.8. The van der Waals surface area contributed by atoms with E-state index in [0.717, 1.165) is 25.9 Å². The molecule has 1 amide bonds. The Kier molecular flexibility index (Phi) is 6.43. The van der Waals surface area contributed by atoms with E-state index in [-0.39, 0.29) is 18.3 Å². The monoisotopic (exact) mass is 332 g/mol. The van der Waals surface area contributed by atoms with Gasteiger partial charge >= 0.3 is 0 Å². The van der Waals surface area contributed by atoms with E-state index in [1.54, 1.807) is 0 Å². The number of rotatable bonds is 4. The van der Waals surface area contributed by atoms with Gasteiger partial charge < -0.3 is 10.2 Å². The van der Waals surface area contributed by atoms with E-state index in [1.807, 2.05) is 11.9 Å². The van der Waals surface area contributed by atoms with E-state index in [1.165, 1.54) is 16.3 Å². The Morgan fingerprint density at radius 3 is 2.57 bits per heavy atom. The number of halogens is 1. The topological polar surface area (TPSA) is 32.3 Å². The van der Waals surface area contributed by atoms with Crippen LogP contribution in [0.4, 0.5) is 0 Å². The van der Waals surface area contributed by atoms with Crippen molar-refractivity contribution < 1.29 is 4.79 Å². The first-order valence-corrected chi connectivity index (χ1v) is 8.15. The minimum atomic E-state index is 0. The van der Waals surface area contributed by atoms with Gasteiger partial charge in [-0.05, 0) is 54.3 Å². The second-order valence-corrected chi connectivity index (χ2v) is 6.33. The molecule has 0 radical (unpaired) electrons. The summed E-state index contributed by atoms with van der Waals surface area (Å²) < 4.78 is 0. The first-order chi connectivity index (χ1) is 10.7. The predicted molar refractivity (Wildman–Crippen MR) is 97.9 cm³/mol. The Bertz CT molecular complexity index is 653. The number of hydrogen-bond acceptors (Lipinski definition) is 2. The van der Waals surface area contributed by atoms with E-state index < -0.39 is 0 Å². The zero-order chi connectivity index (χ0) is 15.4. The molecule has 0 aliphatic carbocycles. The lowest BCUT2D eigenvalue weighted by molar-refractivity contribution is -0.131. The quantitative estimate of drug-likeness (QED) is 0.927. The zero-order valence-corrected chi connectivity index (χ0v) is 14.4. The van der Waals surface area contributed by atoms with Crippen LogP contribution < -0.4 is 5.32 Å². The van der Waals surface area contributed by atoms with Crippen molar-refractivity contribution in [1.82, 2.24) is 10.2 Å². The number of fused-ring (bicyclic) bond motifs is 1. The third kappa shape index (κ3) is 4.69. The second-order valence-electron chi connectivity index (χ2n) is 6.33. The number of nitrogens with one attached hydrogen (secondary N) is 1. The molecule has 0 spiro atoms. The molecule has 1 saturated heterocycles. The summed E-state index contributed by atoms with van der Waals surface area (Å²) in [6.07, 6.45) is 2.93. The van der Waals surface area contributed by atoms with Gasteiger partial charge in [0, 0.05) is 20.0 Å². The molecule has 0 unspecified atom stereocenters. The van der Waals surface area contributed by atoms with E-state index in [0.29, 0.717) is 18.9 Å². The molecule has 3 nitrogen and oxygen atoms in total. The SMILES string of the molecule is CN(Cc1ccc2ccccc2c1)C(=O)CC1CCNCC1.Cl. The molecule has 3 rings (SSSR count). The van der Waals surface area contributed by atoms with Gasteiger partial charge in [0.2, 0.25) is 5.91 Å². The average molecular weight is 333 g/mol. The van der Waals surface area contributed by atoms with Gasteiger partial charge in [-0.3, -0.25) is 4.79 Å². The van der Waals surface area contributed by atoms with E-state index in [9.17, 15) is 4.79 Å². The van der Waals surface area contributed by atoms with Crippen molar-refractivity contribution in [2.24, 2.45) is 5.92 Å². The van der Waals surface area contributed by atoms with Gasteiger partial charge in [-0.1, -0.05) is 36.4 Å². The van der Waals surface area contributed by atoms with Crippen LogP contribution in [0.1, 0.15) is 24.8 Å². The summed E-state index contributed by atoms with van der Waals surface area (Å²) in [5, 5.41) is 5.83. The van der Waals surface area contributed by atoms with Crippen LogP contribution in [-0.2, 0) is 11.3 Å². The number of carbonyl (C=O) groups excluding carboxylic acids is 1. The Morgan fingerprint density at radius 1 is 1.13 bits per heavy atom. The summed E-state index contributed by atoms with van der Waals surface area (Å²) >= 11 is 0. The van der Waals surface area contributed by atoms with Crippen LogP contribution in [0, 0.1) is 5.92 Å². The minimum Gasteiger partial charge on any atom is -0.341 e. The molecule has 1 heterocycles. The lowest BCUT2D eigenvalue weighted by Gasteiger charge is -2.25. The highest BCUT2D eigenvalue weighted by atomic mass is 35.5. The minimum absolute atomic E-state index is 0. The highest BCUT2D eigenvalue weighted by Crippen LogP contribution is 2.19. The summed E-state index contributed by atoms with van der Waals surface area (Å²) in [5.74, 6) is 0.813. The fraction of sp³-hybridized carbons (Fsp3) is 0.421. The predicted octanol–water partition coefficient (Wildman–Crippen LogP) is 3.61. The number of carbonyl (C=O) groups is 1. The molecule has 1 fully saturated rings. The first-order valence-electron chi connectivity index (χ1n) is 8.15. The van der Waals surface area contributed by atoms with Gasteiger partial charge in [-0.25, -0.2) is 0 Å². The molecular formula is C19H25ClN2O. The fourth-order valence-corrected chi connectivity index (χ4v) is 3.19. The van der Waals surface area contributed by atoms with Crippen molar-refractivity contribution in [2.75, 3.05) is 20.1 Å². The van der Waals surface area contributed by atoms with Crippen LogP contribution >= 0.6 is 12.4 Å². The van der Waals surface area contributed by atoms with Crippen LogP contribution in [0.25, 0.3) is 10.8 Å². The molecule has 2 aromatic carbocycles. The van der Waals surface area contributed by atoms with Gasteiger partial charge in [0.25, 0.3) is 0 Å². The molecule has 0 atom stereocenters. The van der Waals surface area contributed by atoms with E-state index in [2.05, 4.69) is 47.8 Å². The molecular weight excluding hydrogens is 308 g/mol. The number of nitrogens with zero attached hydrogens (tertiary/aromatic N) is 1. The lowest BCUT2D eigenvalue weighted by Crippen LogP contribution is -2.33. The van der Waals surface area contributed by atoms with Gasteiger partial charge in [-0.2, -0.15) is 0 Å². The van der Waals surface area contributed by atoms with E-state index in [4.69, 9.17) is 0 Å². The molecule has 1 aliphatic heterocycles. The molecule has 23 heavy (non-hydrogen) atoms. The summed E-state index contributed by atoms with van der Waals surface area (Å²) in [5.41, 5.74) is 1.19. The smallest absolute Gasteiger partial charge is 0.222 e. The van der Waals surface area contributed by atoms with Crippen LogP contribution in [0.5, 0.6) is 0 Å². The fourth-order valence-electron chi connectivity index (χ4n) is 3.19. The molecule has 1 N–H and O–H groups in total. The summed E-state index contributed by atoms with van der Waals surface area (Å²) in [6.45, 7) is 2.79. The average Bonchev–Trinajstić information content (AvgIpc) is 2.55. The Balaban J connectivity index is 0.00000192. The van der Waals surface area contributed by atoms with Crippen LogP contribution in [0.2, 0.25) is 0 Å². The van der Waals surface area contributed by atoms with Crippen molar-refractivity contribution in [3.8, 4) is 0 Å². The third-order valence-corrected chi connectivity index (χ3v) is 4.58. The third-order valence-electron chi connectivity index (χ3n) is 4.58. The summed E-state index contributed by atoms with van der Waals surface area (Å²) in [7, 11) is 1.92. The lowest BCUT2D eigenvalue weighted by atomic mass is 9.94. The normalized spacial score (nSPS) is 15.2. The van der Waals surface area contributed by atoms with Crippen LogP contribution in [0.15, 0.2) is 42.5 Å². The molecule has 0 saturated carbocycles. The summed E-state index contributed by atoms with van der Waals surface area (Å²) in [4.78, 5) is 14.3.